The zero-order chi connectivity index (χ0) is 18.9. The third kappa shape index (κ3) is 4.42. The summed E-state index contributed by atoms with van der Waals surface area (Å²) in [6.07, 6.45) is 3.20. The molecule has 1 aliphatic carbocycles. The number of halogens is 1. The van der Waals surface area contributed by atoms with E-state index in [1.807, 2.05) is 31.2 Å². The molecule has 0 spiro atoms. The van der Waals surface area contributed by atoms with Crippen molar-refractivity contribution in [3.8, 4) is 0 Å². The number of amidine groups is 2. The average molecular weight is 390 g/mol. The number of nitrogens with zero attached hydrogens (tertiary/aromatic N) is 3. The van der Waals surface area contributed by atoms with Crippen LogP contribution in [0.4, 0.5) is 0 Å². The second-order valence-corrected chi connectivity index (χ2v) is 7.75. The zero-order valence-electron chi connectivity index (χ0n) is 15.3. The van der Waals surface area contributed by atoms with Crippen molar-refractivity contribution in [2.24, 2.45) is 15.9 Å². The van der Waals surface area contributed by atoms with Gasteiger partial charge in [0, 0.05) is 6.42 Å². The van der Waals surface area contributed by atoms with Gasteiger partial charge in [0.05, 0.1) is 35.7 Å². The van der Waals surface area contributed by atoms with Gasteiger partial charge in [-0.1, -0.05) is 30.7 Å². The fraction of sp³-hybridized carbons (Fsp3) is 0.526. The first-order chi connectivity index (χ1) is 13.0. The summed E-state index contributed by atoms with van der Waals surface area (Å²) in [5.41, 5.74) is 0.968. The highest BCUT2D eigenvalue weighted by Crippen LogP contribution is 2.35. The van der Waals surface area contributed by atoms with Crippen LogP contribution >= 0.6 is 11.6 Å². The fourth-order valence-corrected chi connectivity index (χ4v) is 3.14. The smallest absolute Gasteiger partial charge is 0.291 e. The second-order valence-electron chi connectivity index (χ2n) is 7.30. The van der Waals surface area contributed by atoms with Crippen LogP contribution in [0.15, 0.2) is 34.3 Å². The number of para-hydroxylation sites is 2. The quantitative estimate of drug-likeness (QED) is 0.402. The van der Waals surface area contributed by atoms with Crippen LogP contribution < -0.4 is 5.32 Å². The molecule has 2 heterocycles. The summed E-state index contributed by atoms with van der Waals surface area (Å²) in [4.78, 5) is 16.7. The van der Waals surface area contributed by atoms with Gasteiger partial charge < -0.3 is 14.8 Å². The Kier molecular flexibility index (Phi) is 5.06. The van der Waals surface area contributed by atoms with Gasteiger partial charge in [0.25, 0.3) is 6.02 Å². The molecule has 1 aliphatic heterocycles. The molecule has 2 aliphatic rings. The van der Waals surface area contributed by atoms with Crippen LogP contribution in [0.5, 0.6) is 0 Å². The van der Waals surface area contributed by atoms with Crippen LogP contribution in [0.25, 0.3) is 11.0 Å². The van der Waals surface area contributed by atoms with Crippen molar-refractivity contribution in [2.45, 2.75) is 43.7 Å². The van der Waals surface area contributed by atoms with E-state index >= 15 is 0 Å². The predicted molar refractivity (Wildman–Crippen MR) is 106 cm³/mol. The van der Waals surface area contributed by atoms with Gasteiger partial charge >= 0.3 is 0 Å². The summed E-state index contributed by atoms with van der Waals surface area (Å²) in [7, 11) is 0. The summed E-state index contributed by atoms with van der Waals surface area (Å²) in [5.74, 6) is 1.62. The van der Waals surface area contributed by atoms with Crippen LogP contribution in [-0.4, -0.2) is 51.2 Å². The molecule has 2 atom stereocenters. The van der Waals surface area contributed by atoms with E-state index in [1.165, 1.54) is 0 Å². The molecule has 0 saturated heterocycles. The van der Waals surface area contributed by atoms with Crippen molar-refractivity contribution in [3.05, 3.63) is 30.1 Å². The van der Waals surface area contributed by atoms with Crippen LogP contribution in [0, 0.1) is 5.92 Å². The van der Waals surface area contributed by atoms with Crippen molar-refractivity contribution in [1.29, 1.82) is 0 Å². The number of H-pyrrole nitrogens is 1. The summed E-state index contributed by atoms with van der Waals surface area (Å²) in [5, 5.41) is 13.1. The van der Waals surface area contributed by atoms with Crippen molar-refractivity contribution in [3.63, 3.8) is 0 Å². The number of rotatable bonds is 6. The van der Waals surface area contributed by atoms with Gasteiger partial charge in [0.2, 0.25) is 0 Å². The fourth-order valence-electron chi connectivity index (χ4n) is 2.93. The maximum atomic E-state index is 9.97. The Morgan fingerprint density at radius 1 is 1.37 bits per heavy atom. The number of hydrogen-bond acceptors (Lipinski definition) is 5. The topological polar surface area (TPSA) is 94.9 Å². The van der Waals surface area contributed by atoms with Gasteiger partial charge in [-0.15, -0.1) is 0 Å². The zero-order valence-corrected chi connectivity index (χ0v) is 16.0. The van der Waals surface area contributed by atoms with Crippen LogP contribution in [-0.2, 0) is 11.2 Å². The van der Waals surface area contributed by atoms with E-state index in [4.69, 9.17) is 16.3 Å². The largest absolute Gasteiger partial charge is 0.465 e. The molecule has 27 heavy (non-hydrogen) atoms. The molecule has 8 heteroatoms. The SMILES string of the molecule is CC1C(=NCC2(O)CC2)NC(OCCCc2nc3ccccc3[nH]2)=NC1Cl. The molecular weight excluding hydrogens is 366 g/mol. The highest BCUT2D eigenvalue weighted by atomic mass is 35.5. The number of fused-ring (bicyclic) bond motifs is 1. The third-order valence-corrected chi connectivity index (χ3v) is 5.40. The Hall–Kier alpha value is -2.12. The van der Waals surface area contributed by atoms with E-state index in [0.717, 1.165) is 48.4 Å². The van der Waals surface area contributed by atoms with Crippen molar-refractivity contribution >= 4 is 34.5 Å². The lowest BCUT2D eigenvalue weighted by Crippen LogP contribution is -2.45. The van der Waals surface area contributed by atoms with Gasteiger partial charge in [-0.05, 0) is 31.4 Å². The molecule has 2 unspecified atom stereocenters. The molecule has 2 aromatic rings. The normalized spacial score (nSPS) is 25.3. The number of benzene rings is 1. The van der Waals surface area contributed by atoms with E-state index in [9.17, 15) is 5.11 Å². The average Bonchev–Trinajstić information content (AvgIpc) is 3.25. The molecule has 1 fully saturated rings. The number of imidazole rings is 1. The number of aromatic amines is 1. The highest BCUT2D eigenvalue weighted by Gasteiger charge is 2.40. The Balaban J connectivity index is 1.28. The molecule has 1 aromatic heterocycles. The van der Waals surface area contributed by atoms with Crippen molar-refractivity contribution in [2.75, 3.05) is 13.2 Å². The number of aliphatic hydroxyl groups is 1. The van der Waals surface area contributed by atoms with E-state index in [0.29, 0.717) is 19.2 Å². The first-order valence-corrected chi connectivity index (χ1v) is 9.78. The number of aliphatic imine (C=N–C) groups is 2. The summed E-state index contributed by atoms with van der Waals surface area (Å²) >= 11 is 6.31. The summed E-state index contributed by atoms with van der Waals surface area (Å²) in [6.45, 7) is 2.85. The minimum atomic E-state index is -0.627. The number of alkyl halides is 1. The van der Waals surface area contributed by atoms with Gasteiger partial charge in [0.1, 0.15) is 17.2 Å². The first-order valence-electron chi connectivity index (χ1n) is 9.34. The lowest BCUT2D eigenvalue weighted by molar-refractivity contribution is 0.160. The number of aryl methyl sites for hydroxylation is 1. The molecule has 0 amide bonds. The van der Waals surface area contributed by atoms with Gasteiger partial charge in [-0.3, -0.25) is 10.3 Å². The minimum absolute atomic E-state index is 0.0445. The maximum absolute atomic E-state index is 9.97. The molecule has 0 radical (unpaired) electrons. The van der Waals surface area contributed by atoms with Crippen molar-refractivity contribution < 1.29 is 9.84 Å². The van der Waals surface area contributed by atoms with Crippen LogP contribution in [0.3, 0.4) is 0 Å². The standard InChI is InChI=1S/C19H24ClN5O2/c1-12-16(20)24-18(25-17(12)21-11-19(26)8-9-19)27-10-4-7-15-22-13-5-2-3-6-14(13)23-15/h2-3,5-6,12,16,26H,4,7-11H2,1H3,(H,22,23)(H,21,24,25). The van der Waals surface area contributed by atoms with E-state index in [1.54, 1.807) is 0 Å². The molecule has 144 valence electrons. The number of hydrogen-bond donors (Lipinski definition) is 3. The van der Waals surface area contributed by atoms with Gasteiger partial charge in [-0.2, -0.15) is 0 Å². The molecule has 3 N–H and O–H groups in total. The van der Waals surface area contributed by atoms with Crippen molar-refractivity contribution in [1.82, 2.24) is 15.3 Å². The van der Waals surface area contributed by atoms with Crippen LogP contribution in [0.2, 0.25) is 0 Å². The molecule has 1 aromatic carbocycles. The molecule has 1 saturated carbocycles. The number of ether oxygens (including phenoxy) is 1. The first kappa shape index (κ1) is 18.3. The minimum Gasteiger partial charge on any atom is -0.465 e. The Bertz CT molecular complexity index is 841. The second kappa shape index (κ2) is 7.48. The number of aromatic nitrogens is 2. The third-order valence-electron chi connectivity index (χ3n) is 4.93. The molecular formula is C19H24ClN5O2. The van der Waals surface area contributed by atoms with E-state index < -0.39 is 11.1 Å². The summed E-state index contributed by atoms with van der Waals surface area (Å²) in [6, 6.07) is 8.37. The lowest BCUT2D eigenvalue weighted by Gasteiger charge is -2.26. The molecule has 0 bridgehead atoms. The Morgan fingerprint density at radius 2 is 2.19 bits per heavy atom. The lowest BCUT2D eigenvalue weighted by atomic mass is 10.1. The van der Waals surface area contributed by atoms with Gasteiger partial charge in [-0.25, -0.2) is 9.98 Å². The summed E-state index contributed by atoms with van der Waals surface area (Å²) < 4.78 is 5.74. The van der Waals surface area contributed by atoms with Crippen LogP contribution in [0.1, 0.15) is 32.0 Å². The Labute approximate surface area is 162 Å². The Morgan fingerprint density at radius 3 is 2.96 bits per heavy atom. The maximum Gasteiger partial charge on any atom is 0.291 e. The predicted octanol–water partition coefficient (Wildman–Crippen LogP) is 2.60. The highest BCUT2D eigenvalue weighted by molar-refractivity contribution is 6.24. The monoisotopic (exact) mass is 389 g/mol. The van der Waals surface area contributed by atoms with Gasteiger partial charge in [0.15, 0.2) is 0 Å². The molecule has 4 rings (SSSR count). The number of nitrogens with one attached hydrogen (secondary N) is 2. The van der Waals surface area contributed by atoms with E-state index in [-0.39, 0.29) is 5.92 Å². The van der Waals surface area contributed by atoms with E-state index in [2.05, 4.69) is 25.3 Å². The molecule has 7 nitrogen and oxygen atoms in total.